The number of rotatable bonds is 4. The van der Waals surface area contributed by atoms with Gasteiger partial charge in [0.05, 0.1) is 6.61 Å². The van der Waals surface area contributed by atoms with Crippen LogP contribution in [0.2, 0.25) is 0 Å². The van der Waals surface area contributed by atoms with E-state index in [4.69, 9.17) is 16.3 Å². The first kappa shape index (κ1) is 18.2. The molecule has 0 radical (unpaired) electrons. The molecule has 0 saturated carbocycles. The molecule has 128 valence electrons. The molecule has 2 aromatic carbocycles. The van der Waals surface area contributed by atoms with Gasteiger partial charge in [0.25, 0.3) is 0 Å². The monoisotopic (exact) mass is 391 g/mol. The second-order valence-corrected chi connectivity index (χ2v) is 5.99. The molecule has 7 heteroatoms. The van der Waals surface area contributed by atoms with Gasteiger partial charge in [0.2, 0.25) is 11.9 Å². The summed E-state index contributed by atoms with van der Waals surface area (Å²) in [7, 11) is 0. The molecule has 6 nitrogen and oxygen atoms in total. The molecule has 1 aliphatic heterocycles. The lowest BCUT2D eigenvalue weighted by Crippen LogP contribution is -2.53. The summed E-state index contributed by atoms with van der Waals surface area (Å²) in [4.78, 5) is 14.0. The Balaban J connectivity index is 0.00000208. The van der Waals surface area contributed by atoms with Crippen LogP contribution in [0.3, 0.4) is 0 Å². The predicted octanol–water partition coefficient (Wildman–Crippen LogP) is 2.57. The molecule has 0 atom stereocenters. The smallest absolute Gasteiger partial charge is 0.226 e. The summed E-state index contributed by atoms with van der Waals surface area (Å²) in [6.07, 6.45) is 0.768. The number of fused-ring (bicyclic) bond motifs is 1. The molecule has 0 bridgehead atoms. The Morgan fingerprint density at radius 3 is 2.50 bits per heavy atom. The molecule has 0 amide bonds. The maximum atomic E-state index is 5.89. The van der Waals surface area contributed by atoms with E-state index in [1.54, 1.807) is 0 Å². The van der Waals surface area contributed by atoms with Crippen molar-refractivity contribution in [3.63, 3.8) is 0 Å². The first-order valence-corrected chi connectivity index (χ1v) is 7.56. The van der Waals surface area contributed by atoms with E-state index in [1.165, 1.54) is 21.4 Å². The number of halogens is 1. The third-order valence-electron chi connectivity index (χ3n) is 3.75. The van der Waals surface area contributed by atoms with E-state index >= 15 is 0 Å². The van der Waals surface area contributed by atoms with Crippen LogP contribution in [0.4, 0.5) is 0 Å². The van der Waals surface area contributed by atoms with Crippen LogP contribution in [-0.4, -0.2) is 29.3 Å². The fourth-order valence-electron chi connectivity index (χ4n) is 2.67. The Morgan fingerprint density at radius 2 is 1.79 bits per heavy atom. The Hall–Kier alpha value is -2.12. The van der Waals surface area contributed by atoms with Gasteiger partial charge in [-0.3, -0.25) is 4.84 Å². The summed E-state index contributed by atoms with van der Waals surface area (Å²) >= 11 is 0. The second kappa shape index (κ2) is 7.19. The first-order chi connectivity index (χ1) is 11.0. The summed E-state index contributed by atoms with van der Waals surface area (Å²) in [5.74, 6) is 0.392. The predicted molar refractivity (Wildman–Crippen MR) is 103 cm³/mol. The van der Waals surface area contributed by atoms with Crippen LogP contribution in [0.15, 0.2) is 52.4 Å². The first-order valence-electron chi connectivity index (χ1n) is 7.56. The minimum absolute atomic E-state index is 0. The zero-order valence-electron chi connectivity index (χ0n) is 13.8. The Bertz CT molecular complexity index is 787. The van der Waals surface area contributed by atoms with Crippen molar-refractivity contribution in [3.05, 3.63) is 48.0 Å². The van der Waals surface area contributed by atoms with Gasteiger partial charge < -0.3 is 11.5 Å². The van der Waals surface area contributed by atoms with Gasteiger partial charge in [-0.2, -0.15) is 10.1 Å². The molecule has 3 rings (SSSR count). The number of benzene rings is 2. The summed E-state index contributed by atoms with van der Waals surface area (Å²) < 4.78 is 0. The third kappa shape index (κ3) is 3.85. The standard InChI is InChI=1S/C17H21N5O.BrH/c1-17(2)21-15(18)20-16(19)22(17)23-10-9-12-7-8-13-5-3-4-6-14(13)11-12;/h3-8,11H,9-10H2,1-2H3,(H4,18,19,20,21);1H. The minimum atomic E-state index is -0.667. The van der Waals surface area contributed by atoms with Gasteiger partial charge in [0, 0.05) is 0 Å². The molecule has 1 heterocycles. The molecular formula is C17H22BrN5O. The van der Waals surface area contributed by atoms with Crippen molar-refractivity contribution in [3.8, 4) is 0 Å². The highest BCUT2D eigenvalue weighted by molar-refractivity contribution is 8.93. The van der Waals surface area contributed by atoms with E-state index in [1.807, 2.05) is 26.0 Å². The minimum Gasteiger partial charge on any atom is -0.368 e. The Morgan fingerprint density at radius 1 is 1.08 bits per heavy atom. The van der Waals surface area contributed by atoms with Crippen LogP contribution >= 0.6 is 17.0 Å². The van der Waals surface area contributed by atoms with Crippen molar-refractivity contribution in [1.29, 1.82) is 0 Å². The van der Waals surface area contributed by atoms with Gasteiger partial charge >= 0.3 is 0 Å². The number of hydrogen-bond donors (Lipinski definition) is 2. The normalized spacial score (nSPS) is 16.3. The highest BCUT2D eigenvalue weighted by Crippen LogP contribution is 2.20. The van der Waals surface area contributed by atoms with E-state index in [9.17, 15) is 0 Å². The summed E-state index contributed by atoms with van der Waals surface area (Å²) in [6.45, 7) is 4.22. The largest absolute Gasteiger partial charge is 0.368 e. The molecule has 0 spiro atoms. The number of hydrogen-bond acceptors (Lipinski definition) is 6. The van der Waals surface area contributed by atoms with Crippen LogP contribution in [0.1, 0.15) is 19.4 Å². The average Bonchev–Trinajstić information content (AvgIpc) is 2.49. The lowest BCUT2D eigenvalue weighted by atomic mass is 10.1. The number of guanidine groups is 2. The van der Waals surface area contributed by atoms with Gasteiger partial charge in [0.1, 0.15) is 0 Å². The lowest BCUT2D eigenvalue weighted by molar-refractivity contribution is -0.156. The van der Waals surface area contributed by atoms with Gasteiger partial charge in [0.15, 0.2) is 5.66 Å². The van der Waals surface area contributed by atoms with Crippen LogP contribution in [0, 0.1) is 0 Å². The van der Waals surface area contributed by atoms with Gasteiger partial charge in [-0.1, -0.05) is 42.5 Å². The van der Waals surface area contributed by atoms with Crippen molar-refractivity contribution in [2.75, 3.05) is 6.61 Å². The zero-order valence-corrected chi connectivity index (χ0v) is 15.5. The molecule has 0 unspecified atom stereocenters. The molecule has 24 heavy (non-hydrogen) atoms. The molecule has 2 aromatic rings. The molecule has 0 saturated heterocycles. The molecule has 0 fully saturated rings. The summed E-state index contributed by atoms with van der Waals surface area (Å²) in [5, 5.41) is 3.96. The van der Waals surface area contributed by atoms with Crippen LogP contribution < -0.4 is 11.5 Å². The van der Waals surface area contributed by atoms with Crippen LogP contribution in [0.25, 0.3) is 10.8 Å². The van der Waals surface area contributed by atoms with E-state index in [-0.39, 0.29) is 28.9 Å². The van der Waals surface area contributed by atoms with Gasteiger partial charge in [-0.15, -0.1) is 17.0 Å². The topological polar surface area (TPSA) is 89.2 Å². The molecule has 0 aromatic heterocycles. The summed E-state index contributed by atoms with van der Waals surface area (Å²) in [5.41, 5.74) is 12.1. The number of hydroxylamine groups is 2. The number of aliphatic imine (C=N–C) groups is 2. The Kier molecular flexibility index (Phi) is 5.46. The maximum Gasteiger partial charge on any atom is 0.226 e. The van der Waals surface area contributed by atoms with Crippen molar-refractivity contribution < 1.29 is 4.84 Å². The third-order valence-corrected chi connectivity index (χ3v) is 3.75. The highest BCUT2D eigenvalue weighted by Gasteiger charge is 2.32. The van der Waals surface area contributed by atoms with E-state index in [2.05, 4.69) is 40.3 Å². The SMILES string of the molecule is Br.CC1(C)N=C(N)N=C(N)N1OCCc1ccc2ccccc2c1. The molecule has 4 N–H and O–H groups in total. The maximum absolute atomic E-state index is 5.89. The highest BCUT2D eigenvalue weighted by atomic mass is 79.9. The van der Waals surface area contributed by atoms with Crippen molar-refractivity contribution in [2.45, 2.75) is 25.9 Å². The van der Waals surface area contributed by atoms with Crippen molar-refractivity contribution in [1.82, 2.24) is 5.06 Å². The van der Waals surface area contributed by atoms with Gasteiger partial charge in [-0.25, -0.2) is 4.99 Å². The lowest BCUT2D eigenvalue weighted by Gasteiger charge is -2.36. The Labute approximate surface area is 151 Å². The van der Waals surface area contributed by atoms with E-state index < -0.39 is 5.66 Å². The van der Waals surface area contributed by atoms with Crippen LogP contribution in [-0.2, 0) is 11.3 Å². The van der Waals surface area contributed by atoms with Gasteiger partial charge in [-0.05, 0) is 36.6 Å². The quantitative estimate of drug-likeness (QED) is 0.837. The molecule has 1 aliphatic rings. The van der Waals surface area contributed by atoms with Crippen LogP contribution in [0.5, 0.6) is 0 Å². The van der Waals surface area contributed by atoms with E-state index in [0.29, 0.717) is 6.61 Å². The molecule has 0 aliphatic carbocycles. The number of nitrogens with zero attached hydrogens (tertiary/aromatic N) is 3. The fourth-order valence-corrected chi connectivity index (χ4v) is 2.67. The fraction of sp³-hybridized carbons (Fsp3) is 0.294. The van der Waals surface area contributed by atoms with E-state index in [0.717, 1.165) is 6.42 Å². The number of nitrogens with two attached hydrogens (primary N) is 2. The average molecular weight is 392 g/mol. The summed E-state index contributed by atoms with van der Waals surface area (Å²) in [6, 6.07) is 14.7. The van der Waals surface area contributed by atoms with Crippen molar-refractivity contribution >= 4 is 39.7 Å². The zero-order chi connectivity index (χ0) is 16.4. The molecular weight excluding hydrogens is 370 g/mol. The second-order valence-electron chi connectivity index (χ2n) is 5.99. The van der Waals surface area contributed by atoms with Crippen molar-refractivity contribution in [2.24, 2.45) is 21.5 Å².